The molecular formula is C32H29N5O8. The third kappa shape index (κ3) is 13.1. The van der Waals surface area contributed by atoms with Gasteiger partial charge in [-0.15, -0.1) is 6.58 Å². The molecule has 3 aromatic rings. The van der Waals surface area contributed by atoms with Crippen LogP contribution in [0.4, 0.5) is 16.2 Å². The van der Waals surface area contributed by atoms with Crippen molar-refractivity contribution >= 4 is 52.9 Å². The molecule has 13 nitrogen and oxygen atoms in total. The first-order valence-corrected chi connectivity index (χ1v) is 13.1. The number of rotatable bonds is 14. The quantitative estimate of drug-likeness (QED) is 0.0460. The molecule has 0 fully saturated rings. The van der Waals surface area contributed by atoms with E-state index in [4.69, 9.17) is 21.1 Å². The summed E-state index contributed by atoms with van der Waals surface area (Å²) in [4.78, 5) is 69.7. The van der Waals surface area contributed by atoms with Crippen molar-refractivity contribution in [3.8, 4) is 0 Å². The van der Waals surface area contributed by atoms with Crippen LogP contribution in [0.25, 0.3) is 11.4 Å². The third-order valence-corrected chi connectivity index (χ3v) is 5.57. The number of hydrogen-bond acceptors (Lipinski definition) is 12. The molecule has 3 rings (SSSR count). The summed E-state index contributed by atoms with van der Waals surface area (Å²) < 4.78 is 4.88. The Kier molecular flexibility index (Phi) is 15.5. The Bertz CT molecular complexity index is 1540. The van der Waals surface area contributed by atoms with Crippen molar-refractivity contribution in [1.29, 1.82) is 0 Å². The monoisotopic (exact) mass is 611 g/mol. The van der Waals surface area contributed by atoms with Crippen LogP contribution < -0.4 is 16.8 Å². The minimum Gasteiger partial charge on any atom is -0.447 e. The van der Waals surface area contributed by atoms with Crippen molar-refractivity contribution in [3.63, 3.8) is 0 Å². The molecule has 0 aliphatic heterocycles. The number of ether oxygens (including phenoxy) is 1. The molecule has 0 aliphatic carbocycles. The lowest BCUT2D eigenvalue weighted by atomic mass is 10.0. The van der Waals surface area contributed by atoms with E-state index in [1.807, 2.05) is 24.3 Å². The minimum absolute atomic E-state index is 0.0179. The van der Waals surface area contributed by atoms with E-state index in [1.54, 1.807) is 48.3 Å². The molecule has 0 spiro atoms. The number of isocyanates is 2. The normalized spacial score (nSPS) is 9.42. The van der Waals surface area contributed by atoms with E-state index in [9.17, 15) is 24.0 Å². The van der Waals surface area contributed by atoms with Gasteiger partial charge in [-0.2, -0.15) is 9.98 Å². The summed E-state index contributed by atoms with van der Waals surface area (Å²) >= 11 is 0. The summed E-state index contributed by atoms with van der Waals surface area (Å²) in [7, 11) is 0. The molecule has 0 aliphatic rings. The highest BCUT2D eigenvalue weighted by Gasteiger charge is 2.09. The van der Waals surface area contributed by atoms with E-state index in [2.05, 4.69) is 26.8 Å². The van der Waals surface area contributed by atoms with E-state index in [-0.39, 0.29) is 37.8 Å². The van der Waals surface area contributed by atoms with Crippen LogP contribution in [0, 0.1) is 0 Å². The van der Waals surface area contributed by atoms with Crippen LogP contribution in [-0.2, 0) is 46.7 Å². The van der Waals surface area contributed by atoms with Crippen LogP contribution in [0.2, 0.25) is 0 Å². The van der Waals surface area contributed by atoms with Gasteiger partial charge in [-0.25, -0.2) is 33.7 Å². The van der Waals surface area contributed by atoms with Gasteiger partial charge >= 0.3 is 6.09 Å². The van der Waals surface area contributed by atoms with Gasteiger partial charge in [0.25, 0.3) is 0 Å². The average molecular weight is 612 g/mol. The topological polar surface area (TPSA) is 202 Å². The minimum atomic E-state index is -0.693. The summed E-state index contributed by atoms with van der Waals surface area (Å²) in [5.41, 5.74) is 15.3. The molecule has 13 heteroatoms. The van der Waals surface area contributed by atoms with Gasteiger partial charge in [0.1, 0.15) is 31.2 Å². The zero-order chi connectivity index (χ0) is 32.9. The molecule has 230 valence electrons. The Hall–Kier alpha value is -6.15. The van der Waals surface area contributed by atoms with E-state index in [0.717, 1.165) is 17.5 Å². The fraction of sp³-hybridized carbons (Fsp3) is 0.156. The van der Waals surface area contributed by atoms with Gasteiger partial charge in [-0.1, -0.05) is 30.3 Å². The highest BCUT2D eigenvalue weighted by atomic mass is 17.2. The second-order valence-electron chi connectivity index (χ2n) is 8.75. The van der Waals surface area contributed by atoms with Crippen molar-refractivity contribution in [1.82, 2.24) is 5.32 Å². The van der Waals surface area contributed by atoms with E-state index < -0.39 is 6.09 Å². The van der Waals surface area contributed by atoms with Crippen LogP contribution in [0.3, 0.4) is 0 Å². The van der Waals surface area contributed by atoms with Gasteiger partial charge < -0.3 is 21.5 Å². The first-order valence-electron chi connectivity index (χ1n) is 13.1. The van der Waals surface area contributed by atoms with Crippen molar-refractivity contribution in [2.75, 3.05) is 19.8 Å². The Balaban J connectivity index is 0.000000328. The first-order chi connectivity index (χ1) is 21.8. The number of carbonyl (C=O) groups is 1. The van der Waals surface area contributed by atoms with Crippen molar-refractivity contribution in [2.45, 2.75) is 13.0 Å². The number of nitrogens with one attached hydrogen (secondary N) is 1. The number of benzene rings is 3. The lowest BCUT2D eigenvalue weighted by molar-refractivity contribution is -0.289. The average Bonchev–Trinajstić information content (AvgIpc) is 3.06. The molecule has 0 atom stereocenters. The molecule has 3 aromatic carbocycles. The second kappa shape index (κ2) is 19.9. The zero-order valence-corrected chi connectivity index (χ0v) is 24.0. The predicted molar refractivity (Wildman–Crippen MR) is 165 cm³/mol. The largest absolute Gasteiger partial charge is 0.447 e. The van der Waals surface area contributed by atoms with Crippen LogP contribution >= 0.6 is 0 Å². The molecule has 0 saturated heterocycles. The number of nitrogens with zero attached hydrogens (tertiary/aromatic N) is 2. The lowest BCUT2D eigenvalue weighted by Crippen LogP contribution is -2.25. The highest BCUT2D eigenvalue weighted by molar-refractivity contribution is 5.90. The van der Waals surface area contributed by atoms with Crippen molar-refractivity contribution in [2.24, 2.45) is 21.5 Å². The fourth-order valence-corrected chi connectivity index (χ4v) is 3.49. The molecule has 1 amide bonds. The molecular weight excluding hydrogens is 582 g/mol. The number of amides is 1. The lowest BCUT2D eigenvalue weighted by Gasteiger charge is -2.10. The summed E-state index contributed by atoms with van der Waals surface area (Å²) in [5, 5.41) is 2.50. The summed E-state index contributed by atoms with van der Waals surface area (Å²) in [6.45, 7) is 3.75. The van der Waals surface area contributed by atoms with Gasteiger partial charge in [0.15, 0.2) is 11.9 Å². The second-order valence-corrected chi connectivity index (χ2v) is 8.75. The maximum atomic E-state index is 11.6. The van der Waals surface area contributed by atoms with E-state index in [1.165, 1.54) is 24.3 Å². The van der Waals surface area contributed by atoms with Gasteiger partial charge in [0.2, 0.25) is 12.2 Å². The number of alkyl carbamates (subject to hydrolysis) is 1. The molecule has 0 unspecified atom stereocenters. The number of hydrogen-bond donors (Lipinski definition) is 3. The zero-order valence-electron chi connectivity index (χ0n) is 24.0. The fourth-order valence-electron chi connectivity index (χ4n) is 3.49. The molecule has 0 saturated carbocycles. The third-order valence-electron chi connectivity index (χ3n) is 5.57. The predicted octanol–water partition coefficient (Wildman–Crippen LogP) is 3.52. The summed E-state index contributed by atoms with van der Waals surface area (Å²) in [6, 6.07) is 19.3. The van der Waals surface area contributed by atoms with Crippen molar-refractivity contribution in [3.05, 3.63) is 107 Å². The molecule has 45 heavy (non-hydrogen) atoms. The van der Waals surface area contributed by atoms with Crippen LogP contribution in [0.5, 0.6) is 0 Å². The van der Waals surface area contributed by atoms with Crippen molar-refractivity contribution < 1.29 is 38.5 Å². The number of carbonyl (C=O) groups excluding carboxylic acids is 5. The number of nitrogens with two attached hydrogens (primary N) is 2. The maximum absolute atomic E-state index is 11.6. The van der Waals surface area contributed by atoms with Gasteiger partial charge in [-0.3, -0.25) is 0 Å². The van der Waals surface area contributed by atoms with E-state index in [0.29, 0.717) is 28.1 Å². The molecule has 0 bridgehead atoms. The molecule has 5 N–H and O–H groups in total. The first kappa shape index (κ1) is 35.0. The highest BCUT2D eigenvalue weighted by Crippen LogP contribution is 2.19. The standard InChI is InChI=1S/C17H19N3O6.C15H10N2O2/c1-2-3-25-26-5-4-24-17(23)20-9-12-6-13(15(18)10-21)8-14(7-12)16(19)11-22;18-10-16-14-5-1-12(2-6-14)9-13-3-7-15(8-4-13)17-11-19/h2,6-8H,1,3-5,9,18-19H2,(H,20,23);1-8H,9H2. The molecule has 0 radical (unpaired) electrons. The molecule has 0 heterocycles. The summed E-state index contributed by atoms with van der Waals surface area (Å²) in [5.74, 6) is 3.12. The van der Waals surface area contributed by atoms with Gasteiger partial charge in [-0.05, 0) is 65.6 Å². The smallest absolute Gasteiger partial charge is 0.407 e. The van der Waals surface area contributed by atoms with Crippen LogP contribution in [0.15, 0.2) is 89.4 Å². The number of aliphatic imine (C=N–C) groups is 2. The Labute approximate surface area is 258 Å². The maximum Gasteiger partial charge on any atom is 0.407 e. The summed E-state index contributed by atoms with van der Waals surface area (Å²) in [6.07, 6.45) is 4.59. The van der Waals surface area contributed by atoms with E-state index >= 15 is 0 Å². The Morgan fingerprint density at radius 3 is 1.71 bits per heavy atom. The Morgan fingerprint density at radius 2 is 1.27 bits per heavy atom. The molecule has 0 aromatic heterocycles. The Morgan fingerprint density at radius 1 is 0.756 bits per heavy atom. The van der Waals surface area contributed by atoms with Crippen LogP contribution in [0.1, 0.15) is 27.8 Å². The SMILES string of the molecule is C=CCOOCCOC(=O)NCc1cc(C(N)=C=O)cc(C(N)=C=O)c1.O=C=Nc1ccc(Cc2ccc(N=C=O)cc2)cc1. The van der Waals surface area contributed by atoms with Crippen LogP contribution in [-0.4, -0.2) is 50.0 Å². The van der Waals surface area contributed by atoms with Gasteiger partial charge in [0.05, 0.1) is 11.4 Å². The van der Waals surface area contributed by atoms with Gasteiger partial charge in [0, 0.05) is 17.7 Å².